The van der Waals surface area contributed by atoms with Crippen molar-refractivity contribution in [3.63, 3.8) is 0 Å². The molecule has 1 N–H and O–H groups in total. The lowest BCUT2D eigenvalue weighted by atomic mass is 10.3. The predicted octanol–water partition coefficient (Wildman–Crippen LogP) is -0.901. The van der Waals surface area contributed by atoms with Crippen LogP contribution < -0.4 is 5.32 Å². The number of ether oxygens (including phenoxy) is 1. The van der Waals surface area contributed by atoms with E-state index in [9.17, 15) is 24.0 Å². The number of carbonyl (C=O) groups is 5. The summed E-state index contributed by atoms with van der Waals surface area (Å²) < 4.78 is 4.89. The summed E-state index contributed by atoms with van der Waals surface area (Å²) in [6.45, 7) is 3.13. The van der Waals surface area contributed by atoms with E-state index in [1.54, 1.807) is 6.92 Å². The monoisotopic (exact) mass is 372 g/mol. The number of piperazine rings is 1. The Morgan fingerprint density at radius 3 is 2.32 bits per heavy atom. The Kier molecular flexibility index (Phi) is 6.62. The molecule has 0 unspecified atom stereocenters. The molecule has 2 fully saturated rings. The van der Waals surface area contributed by atoms with Crippen LogP contribution in [-0.4, -0.2) is 95.4 Å². The summed E-state index contributed by atoms with van der Waals surface area (Å²) >= 11 is 0.914. The second kappa shape index (κ2) is 8.70. The zero-order valence-corrected chi connectivity index (χ0v) is 14.7. The van der Waals surface area contributed by atoms with Crippen LogP contribution in [0, 0.1) is 0 Å². The number of amides is 5. The molecule has 25 heavy (non-hydrogen) atoms. The Morgan fingerprint density at radius 2 is 1.76 bits per heavy atom. The topological polar surface area (TPSA) is 116 Å². The summed E-state index contributed by atoms with van der Waals surface area (Å²) in [7, 11) is 0. The third-order valence-corrected chi connectivity index (χ3v) is 4.61. The molecule has 0 aromatic rings. The average molecular weight is 372 g/mol. The van der Waals surface area contributed by atoms with Gasteiger partial charge in [-0.25, -0.2) is 4.79 Å². The van der Waals surface area contributed by atoms with Gasteiger partial charge in [0.05, 0.1) is 12.4 Å². The molecule has 5 amide bonds. The van der Waals surface area contributed by atoms with Gasteiger partial charge in [-0.1, -0.05) is 11.8 Å². The zero-order chi connectivity index (χ0) is 18.4. The van der Waals surface area contributed by atoms with Crippen LogP contribution in [0.2, 0.25) is 0 Å². The molecule has 2 aliphatic rings. The molecule has 0 aliphatic carbocycles. The molecule has 0 atom stereocenters. The summed E-state index contributed by atoms with van der Waals surface area (Å²) in [4.78, 5) is 62.3. The van der Waals surface area contributed by atoms with Crippen LogP contribution in [0.1, 0.15) is 6.92 Å². The molecule has 0 aromatic carbocycles. The Balaban J connectivity index is 1.72. The minimum atomic E-state index is -0.795. The first kappa shape index (κ1) is 19.0. The first-order valence-electron chi connectivity index (χ1n) is 7.90. The van der Waals surface area contributed by atoms with Gasteiger partial charge in [-0.15, -0.1) is 0 Å². The number of hydrogen-bond donors (Lipinski definition) is 1. The van der Waals surface area contributed by atoms with Gasteiger partial charge in [-0.3, -0.25) is 24.1 Å². The van der Waals surface area contributed by atoms with Crippen LogP contribution in [0.4, 0.5) is 9.59 Å². The molecular weight excluding hydrogens is 352 g/mol. The smallest absolute Gasteiger partial charge is 0.409 e. The summed E-state index contributed by atoms with van der Waals surface area (Å²) in [5.74, 6) is -1.69. The van der Waals surface area contributed by atoms with Crippen molar-refractivity contribution in [1.82, 2.24) is 20.0 Å². The highest BCUT2D eigenvalue weighted by Crippen LogP contribution is 2.17. The van der Waals surface area contributed by atoms with Crippen LogP contribution in [-0.2, 0) is 19.1 Å². The fraction of sp³-hybridized carbons (Fsp3) is 0.643. The molecular formula is C14H20N4O6S. The van der Waals surface area contributed by atoms with Gasteiger partial charge < -0.3 is 19.9 Å². The fourth-order valence-electron chi connectivity index (χ4n) is 2.40. The van der Waals surface area contributed by atoms with E-state index in [1.165, 1.54) is 9.80 Å². The largest absolute Gasteiger partial charge is 0.450 e. The van der Waals surface area contributed by atoms with Crippen LogP contribution >= 0.6 is 11.8 Å². The maximum atomic E-state index is 12.1. The van der Waals surface area contributed by atoms with Crippen LogP contribution in [0.15, 0.2) is 0 Å². The Bertz CT molecular complexity index is 560. The molecule has 0 bridgehead atoms. The molecule has 2 rings (SSSR count). The van der Waals surface area contributed by atoms with Gasteiger partial charge >= 0.3 is 17.9 Å². The van der Waals surface area contributed by atoms with Crippen molar-refractivity contribution >= 4 is 40.8 Å². The molecule has 0 aromatic heterocycles. The van der Waals surface area contributed by atoms with E-state index >= 15 is 0 Å². The SMILES string of the molecule is CCOC(=O)N1CCN(C(=O)C(=O)NCCN2C(=O)CSC2=O)CC1. The molecule has 138 valence electrons. The van der Waals surface area contributed by atoms with Crippen molar-refractivity contribution in [2.75, 3.05) is 51.6 Å². The highest BCUT2D eigenvalue weighted by molar-refractivity contribution is 8.14. The minimum absolute atomic E-state index is 0.0193. The van der Waals surface area contributed by atoms with E-state index in [2.05, 4.69) is 5.32 Å². The molecule has 0 radical (unpaired) electrons. The second-order valence-electron chi connectivity index (χ2n) is 5.33. The second-order valence-corrected chi connectivity index (χ2v) is 6.26. The molecule has 0 spiro atoms. The van der Waals surface area contributed by atoms with Gasteiger partial charge in [0, 0.05) is 39.3 Å². The van der Waals surface area contributed by atoms with Gasteiger partial charge in [0.25, 0.3) is 5.24 Å². The molecule has 2 heterocycles. The van der Waals surface area contributed by atoms with Crippen molar-refractivity contribution < 1.29 is 28.7 Å². The predicted molar refractivity (Wildman–Crippen MR) is 87.8 cm³/mol. The van der Waals surface area contributed by atoms with Gasteiger partial charge in [-0.05, 0) is 6.92 Å². The van der Waals surface area contributed by atoms with E-state index in [-0.39, 0.29) is 49.7 Å². The van der Waals surface area contributed by atoms with Gasteiger partial charge in [0.1, 0.15) is 0 Å². The number of nitrogens with one attached hydrogen (secondary N) is 1. The van der Waals surface area contributed by atoms with Crippen LogP contribution in [0.25, 0.3) is 0 Å². The highest BCUT2D eigenvalue weighted by Gasteiger charge is 2.31. The number of thioether (sulfide) groups is 1. The lowest BCUT2D eigenvalue weighted by Gasteiger charge is -2.33. The van der Waals surface area contributed by atoms with E-state index in [0.29, 0.717) is 13.1 Å². The first-order chi connectivity index (χ1) is 11.9. The molecule has 2 saturated heterocycles. The van der Waals surface area contributed by atoms with Crippen LogP contribution in [0.5, 0.6) is 0 Å². The highest BCUT2D eigenvalue weighted by atomic mass is 32.2. The minimum Gasteiger partial charge on any atom is -0.450 e. The molecule has 11 heteroatoms. The summed E-state index contributed by atoms with van der Waals surface area (Å²) in [5, 5.41) is 2.06. The van der Waals surface area contributed by atoms with Crippen molar-refractivity contribution in [1.29, 1.82) is 0 Å². The summed E-state index contributed by atoms with van der Waals surface area (Å²) in [6.07, 6.45) is -0.433. The standard InChI is InChI=1S/C14H20N4O6S/c1-2-24-13(22)17-7-5-16(6-8-17)12(21)11(20)15-3-4-18-10(19)9-25-14(18)23/h2-9H2,1H3,(H,15,20). The lowest BCUT2D eigenvalue weighted by molar-refractivity contribution is -0.146. The van der Waals surface area contributed by atoms with Gasteiger partial charge in [0.15, 0.2) is 0 Å². The average Bonchev–Trinajstić information content (AvgIpc) is 2.93. The number of carbonyl (C=O) groups excluding carboxylic acids is 5. The Hall–Kier alpha value is -2.30. The maximum Gasteiger partial charge on any atom is 0.409 e. The molecule has 2 aliphatic heterocycles. The van der Waals surface area contributed by atoms with Crippen molar-refractivity contribution in [2.24, 2.45) is 0 Å². The Morgan fingerprint density at radius 1 is 1.12 bits per heavy atom. The van der Waals surface area contributed by atoms with E-state index < -0.39 is 17.9 Å². The number of nitrogens with zero attached hydrogens (tertiary/aromatic N) is 3. The summed E-state index contributed by atoms with van der Waals surface area (Å²) in [6, 6.07) is 0. The third kappa shape index (κ3) is 4.84. The Labute approximate surface area is 148 Å². The normalized spacial score (nSPS) is 17.7. The van der Waals surface area contributed by atoms with Gasteiger partial charge in [-0.2, -0.15) is 0 Å². The zero-order valence-electron chi connectivity index (χ0n) is 13.9. The van der Waals surface area contributed by atoms with E-state index in [1.807, 2.05) is 0 Å². The van der Waals surface area contributed by atoms with Crippen molar-refractivity contribution in [3.05, 3.63) is 0 Å². The van der Waals surface area contributed by atoms with Crippen molar-refractivity contribution in [3.8, 4) is 0 Å². The van der Waals surface area contributed by atoms with E-state index in [4.69, 9.17) is 4.74 Å². The summed E-state index contributed by atoms with van der Waals surface area (Å²) in [5.41, 5.74) is 0. The quantitative estimate of drug-likeness (QED) is 0.636. The third-order valence-electron chi connectivity index (χ3n) is 3.75. The van der Waals surface area contributed by atoms with Crippen molar-refractivity contribution in [2.45, 2.75) is 6.92 Å². The maximum absolute atomic E-state index is 12.1. The number of rotatable bonds is 4. The lowest BCUT2D eigenvalue weighted by Crippen LogP contribution is -2.54. The fourth-order valence-corrected chi connectivity index (χ4v) is 3.16. The van der Waals surface area contributed by atoms with Crippen LogP contribution in [0.3, 0.4) is 0 Å². The first-order valence-corrected chi connectivity index (χ1v) is 8.88. The molecule has 0 saturated carbocycles. The molecule has 10 nitrogen and oxygen atoms in total. The van der Waals surface area contributed by atoms with Gasteiger partial charge in [0.2, 0.25) is 5.91 Å². The van der Waals surface area contributed by atoms with E-state index in [0.717, 1.165) is 16.7 Å². The number of hydrogen-bond acceptors (Lipinski definition) is 7. The number of imide groups is 1.